The Hall–Kier alpha value is -2.12. The van der Waals surface area contributed by atoms with E-state index in [1.807, 2.05) is 0 Å². The number of hydrogen-bond donors (Lipinski definition) is 3. The van der Waals surface area contributed by atoms with Crippen molar-refractivity contribution in [3.05, 3.63) is 0 Å². The summed E-state index contributed by atoms with van der Waals surface area (Å²) in [5.41, 5.74) is 5.45. The van der Waals surface area contributed by atoms with Crippen molar-refractivity contribution >= 4 is 23.9 Å². The third kappa shape index (κ3) is 2.93. The molecule has 0 saturated carbocycles. The van der Waals surface area contributed by atoms with Crippen molar-refractivity contribution in [2.75, 3.05) is 37.1 Å². The van der Waals surface area contributed by atoms with Gasteiger partial charge in [0.2, 0.25) is 17.8 Å². The summed E-state index contributed by atoms with van der Waals surface area (Å²) in [7, 11) is 5.02. The van der Waals surface area contributed by atoms with Crippen molar-refractivity contribution in [1.29, 1.82) is 0 Å². The van der Waals surface area contributed by atoms with E-state index in [2.05, 4.69) is 25.6 Å². The molecule has 2 amide bonds. The second kappa shape index (κ2) is 4.40. The molecule has 15 heavy (non-hydrogen) atoms. The average molecular weight is 211 g/mol. The monoisotopic (exact) mass is 211 g/mol. The van der Waals surface area contributed by atoms with Crippen molar-refractivity contribution in [2.24, 2.45) is 0 Å². The van der Waals surface area contributed by atoms with E-state index in [9.17, 15) is 4.79 Å². The normalized spacial score (nSPS) is 9.53. The maximum absolute atomic E-state index is 11.0. The summed E-state index contributed by atoms with van der Waals surface area (Å²) in [6.45, 7) is 0. The zero-order valence-corrected chi connectivity index (χ0v) is 8.77. The summed E-state index contributed by atoms with van der Waals surface area (Å²) in [5, 5.41) is 4.79. The van der Waals surface area contributed by atoms with Crippen molar-refractivity contribution in [1.82, 2.24) is 20.3 Å². The highest BCUT2D eigenvalue weighted by Crippen LogP contribution is 2.08. The van der Waals surface area contributed by atoms with Crippen molar-refractivity contribution in [3.63, 3.8) is 0 Å². The fourth-order valence-electron chi connectivity index (χ4n) is 0.801. The van der Waals surface area contributed by atoms with E-state index < -0.39 is 6.03 Å². The number of nitrogen functional groups attached to an aromatic ring is 1. The van der Waals surface area contributed by atoms with E-state index in [0.29, 0.717) is 5.95 Å². The third-order valence-electron chi connectivity index (χ3n) is 1.49. The molecular formula is C7H13N7O. The number of carbonyl (C=O) groups excluding carboxylic acids is 1. The van der Waals surface area contributed by atoms with Gasteiger partial charge in [0.25, 0.3) is 0 Å². The number of nitrogens with two attached hydrogens (primary N) is 1. The van der Waals surface area contributed by atoms with Gasteiger partial charge in [-0.2, -0.15) is 15.0 Å². The van der Waals surface area contributed by atoms with Crippen molar-refractivity contribution < 1.29 is 4.79 Å². The smallest absolute Gasteiger partial charge is 0.321 e. The number of amides is 2. The Balaban J connectivity index is 2.93. The minimum absolute atomic E-state index is 0.0557. The lowest BCUT2D eigenvalue weighted by Gasteiger charge is -2.11. The summed E-state index contributed by atoms with van der Waals surface area (Å²) in [5.74, 6) is 0.555. The summed E-state index contributed by atoms with van der Waals surface area (Å²) >= 11 is 0. The molecule has 0 atom stereocenters. The topological polar surface area (TPSA) is 109 Å². The minimum Gasteiger partial charge on any atom is -0.368 e. The molecule has 82 valence electrons. The highest BCUT2D eigenvalue weighted by atomic mass is 16.2. The van der Waals surface area contributed by atoms with Crippen LogP contribution < -0.4 is 21.3 Å². The van der Waals surface area contributed by atoms with Crippen LogP contribution in [0.15, 0.2) is 0 Å². The van der Waals surface area contributed by atoms with Gasteiger partial charge in [0.1, 0.15) is 0 Å². The van der Waals surface area contributed by atoms with Crippen LogP contribution in [0.5, 0.6) is 0 Å². The van der Waals surface area contributed by atoms with Gasteiger partial charge in [0, 0.05) is 21.1 Å². The zero-order valence-electron chi connectivity index (χ0n) is 8.77. The Kier molecular flexibility index (Phi) is 3.21. The van der Waals surface area contributed by atoms with Crippen LogP contribution in [0.4, 0.5) is 22.6 Å². The highest BCUT2D eigenvalue weighted by molar-refractivity contribution is 5.87. The molecule has 0 unspecified atom stereocenters. The summed E-state index contributed by atoms with van der Waals surface area (Å²) in [6, 6.07) is -0.412. The first-order valence-electron chi connectivity index (χ1n) is 4.20. The van der Waals surface area contributed by atoms with Gasteiger partial charge < -0.3 is 16.0 Å². The SMILES string of the molecule is CNC(=O)Nc1nc(N)nc(N(C)C)n1. The predicted molar refractivity (Wildman–Crippen MR) is 56.6 cm³/mol. The van der Waals surface area contributed by atoms with E-state index in [4.69, 9.17) is 5.73 Å². The molecule has 0 saturated heterocycles. The van der Waals surface area contributed by atoms with Crippen LogP contribution in [0.25, 0.3) is 0 Å². The molecule has 0 radical (unpaired) electrons. The third-order valence-corrected chi connectivity index (χ3v) is 1.49. The molecule has 0 aliphatic heterocycles. The Morgan fingerprint density at radius 2 is 2.00 bits per heavy atom. The number of nitrogens with one attached hydrogen (secondary N) is 2. The molecule has 0 spiro atoms. The molecule has 1 heterocycles. The summed E-state index contributed by atoms with van der Waals surface area (Å²) in [4.78, 5) is 24.3. The molecule has 0 aliphatic rings. The van der Waals surface area contributed by atoms with E-state index in [-0.39, 0.29) is 11.9 Å². The zero-order chi connectivity index (χ0) is 11.4. The van der Waals surface area contributed by atoms with Gasteiger partial charge in [0.05, 0.1) is 0 Å². The number of anilines is 3. The van der Waals surface area contributed by atoms with E-state index in [1.165, 1.54) is 7.05 Å². The number of carbonyl (C=O) groups is 1. The number of urea groups is 1. The second-order valence-electron chi connectivity index (χ2n) is 2.92. The quantitative estimate of drug-likeness (QED) is 0.595. The lowest BCUT2D eigenvalue weighted by molar-refractivity contribution is 0.254. The standard InChI is InChI=1S/C7H13N7O/c1-9-7(15)13-5-10-4(8)11-6(12-5)14(2)3/h1-3H3,(H4,8,9,10,11,12,13,15). The van der Waals surface area contributed by atoms with Crippen LogP contribution in [-0.4, -0.2) is 42.1 Å². The van der Waals surface area contributed by atoms with E-state index in [0.717, 1.165) is 0 Å². The largest absolute Gasteiger partial charge is 0.368 e. The lowest BCUT2D eigenvalue weighted by atomic mass is 10.7. The number of aromatic nitrogens is 3. The summed E-state index contributed by atoms with van der Waals surface area (Å²) < 4.78 is 0. The predicted octanol–water partition coefficient (Wildman–Crippen LogP) is -0.729. The fraction of sp³-hybridized carbons (Fsp3) is 0.429. The lowest BCUT2D eigenvalue weighted by Crippen LogP contribution is -2.26. The molecule has 0 aromatic carbocycles. The maximum Gasteiger partial charge on any atom is 0.321 e. The van der Waals surface area contributed by atoms with Crippen LogP contribution >= 0.6 is 0 Å². The van der Waals surface area contributed by atoms with Gasteiger partial charge in [-0.1, -0.05) is 0 Å². The van der Waals surface area contributed by atoms with Gasteiger partial charge in [-0.25, -0.2) is 4.79 Å². The molecule has 0 fully saturated rings. The molecular weight excluding hydrogens is 198 g/mol. The van der Waals surface area contributed by atoms with Gasteiger partial charge in [-0.05, 0) is 0 Å². The van der Waals surface area contributed by atoms with Crippen LogP contribution in [0, 0.1) is 0 Å². The molecule has 1 aromatic rings. The number of hydrogen-bond acceptors (Lipinski definition) is 6. The van der Waals surface area contributed by atoms with Crippen LogP contribution in [0.2, 0.25) is 0 Å². The Morgan fingerprint density at radius 3 is 2.53 bits per heavy atom. The Morgan fingerprint density at radius 1 is 1.33 bits per heavy atom. The van der Waals surface area contributed by atoms with E-state index >= 15 is 0 Å². The molecule has 8 heteroatoms. The maximum atomic E-state index is 11.0. The first-order valence-corrected chi connectivity index (χ1v) is 4.20. The van der Waals surface area contributed by atoms with Crippen LogP contribution in [0.1, 0.15) is 0 Å². The van der Waals surface area contributed by atoms with Gasteiger partial charge in [-0.3, -0.25) is 5.32 Å². The minimum atomic E-state index is -0.412. The Bertz CT molecular complexity index is 364. The van der Waals surface area contributed by atoms with Crippen LogP contribution in [-0.2, 0) is 0 Å². The van der Waals surface area contributed by atoms with Gasteiger partial charge >= 0.3 is 6.03 Å². The molecule has 1 aromatic heterocycles. The molecule has 8 nitrogen and oxygen atoms in total. The molecule has 4 N–H and O–H groups in total. The first-order chi connectivity index (χ1) is 7.02. The number of nitrogens with zero attached hydrogens (tertiary/aromatic N) is 4. The Labute approximate surface area is 86.9 Å². The fourth-order valence-corrected chi connectivity index (χ4v) is 0.801. The van der Waals surface area contributed by atoms with Crippen molar-refractivity contribution in [3.8, 4) is 0 Å². The van der Waals surface area contributed by atoms with Crippen molar-refractivity contribution in [2.45, 2.75) is 0 Å². The molecule has 0 aliphatic carbocycles. The number of rotatable bonds is 2. The summed E-state index contributed by atoms with van der Waals surface area (Å²) in [6.07, 6.45) is 0. The average Bonchev–Trinajstić information content (AvgIpc) is 2.16. The van der Waals surface area contributed by atoms with Gasteiger partial charge in [0.15, 0.2) is 0 Å². The van der Waals surface area contributed by atoms with Gasteiger partial charge in [-0.15, -0.1) is 0 Å². The highest BCUT2D eigenvalue weighted by Gasteiger charge is 2.07. The van der Waals surface area contributed by atoms with Crippen LogP contribution in [0.3, 0.4) is 0 Å². The molecule has 0 bridgehead atoms. The first kappa shape index (κ1) is 11.0. The molecule has 1 rings (SSSR count). The second-order valence-corrected chi connectivity index (χ2v) is 2.92. The van der Waals surface area contributed by atoms with E-state index in [1.54, 1.807) is 19.0 Å².